The predicted molar refractivity (Wildman–Crippen MR) is 116 cm³/mol. The SMILES string of the molecule is CNCc1ccccc1C(=S)NC(C)c1cc(F)cc(C(=C/N)/C=N/C(F)F)c1. The van der Waals surface area contributed by atoms with Gasteiger partial charge >= 0.3 is 6.55 Å². The molecule has 0 saturated carbocycles. The molecule has 0 aliphatic carbocycles. The van der Waals surface area contributed by atoms with Gasteiger partial charge in [-0.2, -0.15) is 8.78 Å². The minimum Gasteiger partial charge on any atom is -0.404 e. The number of benzene rings is 2. The van der Waals surface area contributed by atoms with E-state index in [0.29, 0.717) is 22.7 Å². The number of hydrogen-bond donors (Lipinski definition) is 3. The molecule has 0 bridgehead atoms. The number of nitrogens with one attached hydrogen (secondary N) is 2. The van der Waals surface area contributed by atoms with E-state index in [0.717, 1.165) is 23.5 Å². The first kappa shape index (κ1) is 22.6. The van der Waals surface area contributed by atoms with Crippen LogP contribution in [0.3, 0.4) is 0 Å². The molecule has 8 heteroatoms. The highest BCUT2D eigenvalue weighted by atomic mass is 32.1. The number of thiocarbonyl (C=S) groups is 1. The second-order valence-corrected chi connectivity index (χ2v) is 6.74. The van der Waals surface area contributed by atoms with Gasteiger partial charge < -0.3 is 16.4 Å². The summed E-state index contributed by atoms with van der Waals surface area (Å²) in [7, 11) is 1.85. The first-order valence-corrected chi connectivity index (χ1v) is 9.34. The number of allylic oxidation sites excluding steroid dienone is 1. The Kier molecular flexibility index (Phi) is 8.35. The fourth-order valence-corrected chi connectivity index (χ4v) is 3.20. The van der Waals surface area contributed by atoms with Gasteiger partial charge in [0.15, 0.2) is 0 Å². The van der Waals surface area contributed by atoms with Crippen molar-refractivity contribution in [2.24, 2.45) is 10.7 Å². The van der Waals surface area contributed by atoms with Gasteiger partial charge in [0.05, 0.1) is 0 Å². The maximum atomic E-state index is 14.2. The average Bonchev–Trinajstić information content (AvgIpc) is 2.68. The van der Waals surface area contributed by atoms with Crippen LogP contribution in [0.2, 0.25) is 0 Å². The molecule has 0 amide bonds. The summed E-state index contributed by atoms with van der Waals surface area (Å²) in [5, 5.41) is 6.30. The molecule has 4 N–H and O–H groups in total. The monoisotopic (exact) mass is 420 g/mol. The van der Waals surface area contributed by atoms with E-state index in [1.54, 1.807) is 6.07 Å². The molecule has 2 aromatic carbocycles. The summed E-state index contributed by atoms with van der Waals surface area (Å²) in [6.07, 6.45) is 2.04. The third-order valence-electron chi connectivity index (χ3n) is 4.24. The molecule has 0 fully saturated rings. The van der Waals surface area contributed by atoms with Crippen LogP contribution >= 0.6 is 12.2 Å². The Morgan fingerprint density at radius 3 is 2.62 bits per heavy atom. The van der Waals surface area contributed by atoms with Crippen LogP contribution in [0.5, 0.6) is 0 Å². The molecular formula is C21H23F3N4S. The Labute approximate surface area is 173 Å². The highest BCUT2D eigenvalue weighted by molar-refractivity contribution is 7.80. The van der Waals surface area contributed by atoms with Gasteiger partial charge in [-0.25, -0.2) is 9.38 Å². The molecule has 154 valence electrons. The summed E-state index contributed by atoms with van der Waals surface area (Å²) < 4.78 is 38.9. The van der Waals surface area contributed by atoms with Crippen LogP contribution in [0.1, 0.15) is 35.2 Å². The van der Waals surface area contributed by atoms with Crippen molar-refractivity contribution in [1.29, 1.82) is 0 Å². The molecule has 0 aromatic heterocycles. The van der Waals surface area contributed by atoms with Crippen molar-refractivity contribution in [2.45, 2.75) is 26.1 Å². The van der Waals surface area contributed by atoms with E-state index in [2.05, 4.69) is 15.6 Å². The third kappa shape index (κ3) is 6.40. The topological polar surface area (TPSA) is 62.4 Å². The molecule has 0 saturated heterocycles. The smallest absolute Gasteiger partial charge is 0.331 e. The molecule has 4 nitrogen and oxygen atoms in total. The van der Waals surface area contributed by atoms with E-state index < -0.39 is 12.4 Å². The summed E-state index contributed by atoms with van der Waals surface area (Å²) in [5.41, 5.74) is 8.57. The Morgan fingerprint density at radius 2 is 1.97 bits per heavy atom. The van der Waals surface area contributed by atoms with Crippen molar-refractivity contribution < 1.29 is 13.2 Å². The molecule has 2 aromatic rings. The van der Waals surface area contributed by atoms with Gasteiger partial charge in [-0.05, 0) is 48.9 Å². The summed E-state index contributed by atoms with van der Waals surface area (Å²) in [6, 6.07) is 11.6. The average molecular weight is 421 g/mol. The fraction of sp³-hybridized carbons (Fsp3) is 0.238. The van der Waals surface area contributed by atoms with E-state index in [9.17, 15) is 13.2 Å². The summed E-state index contributed by atoms with van der Waals surface area (Å²) in [4.78, 5) is 3.55. The standard InChI is InChI=1S/C21H23F3N4S/c1-13(28-20(29)19-6-4-3-5-14(19)11-26-2)15-7-16(9-18(22)8-15)17(10-25)12-27-21(23)24/h3-10,12-13,21,26H,11,25H2,1-2H3,(H,28,29)/b17-10+,27-12+. The van der Waals surface area contributed by atoms with Gasteiger partial charge in [0.25, 0.3) is 0 Å². The highest BCUT2D eigenvalue weighted by Gasteiger charge is 2.14. The number of aliphatic imine (C=N–C) groups is 1. The van der Waals surface area contributed by atoms with Crippen LogP contribution in [0, 0.1) is 5.82 Å². The third-order valence-corrected chi connectivity index (χ3v) is 4.57. The minimum absolute atomic E-state index is 0.195. The van der Waals surface area contributed by atoms with Crippen molar-refractivity contribution in [3.05, 3.63) is 76.7 Å². The molecule has 1 unspecified atom stereocenters. The number of halogens is 3. The van der Waals surface area contributed by atoms with Gasteiger partial charge in [-0.15, -0.1) is 0 Å². The van der Waals surface area contributed by atoms with E-state index in [1.165, 1.54) is 12.1 Å². The Bertz CT molecular complexity index is 913. The first-order valence-electron chi connectivity index (χ1n) is 8.93. The summed E-state index contributed by atoms with van der Waals surface area (Å²) in [6.45, 7) is -0.372. The second kappa shape index (κ2) is 10.7. The molecule has 1 atom stereocenters. The van der Waals surface area contributed by atoms with Crippen LogP contribution in [0.4, 0.5) is 13.2 Å². The zero-order valence-corrected chi connectivity index (χ0v) is 16.9. The molecule has 29 heavy (non-hydrogen) atoms. The van der Waals surface area contributed by atoms with Crippen molar-refractivity contribution >= 4 is 29.0 Å². The van der Waals surface area contributed by atoms with Crippen LogP contribution in [-0.4, -0.2) is 24.8 Å². The zero-order valence-electron chi connectivity index (χ0n) is 16.1. The van der Waals surface area contributed by atoms with Crippen LogP contribution in [0.25, 0.3) is 5.57 Å². The van der Waals surface area contributed by atoms with Crippen molar-refractivity contribution in [2.75, 3.05) is 7.05 Å². The van der Waals surface area contributed by atoms with Gasteiger partial charge in [0, 0.05) is 36.1 Å². The number of hydrogen-bond acceptors (Lipinski definition) is 4. The molecule has 0 heterocycles. The Balaban J connectivity index is 2.26. The Hall–Kier alpha value is -2.71. The Morgan fingerprint density at radius 1 is 1.24 bits per heavy atom. The normalized spacial score (nSPS) is 13.1. The molecular weight excluding hydrogens is 397 g/mol. The van der Waals surface area contributed by atoms with Gasteiger partial charge in [0.1, 0.15) is 10.8 Å². The molecule has 0 aliphatic rings. The number of nitrogens with zero attached hydrogens (tertiary/aromatic N) is 1. The molecule has 0 spiro atoms. The second-order valence-electron chi connectivity index (χ2n) is 6.33. The number of rotatable bonds is 8. The maximum absolute atomic E-state index is 14.2. The van der Waals surface area contributed by atoms with Gasteiger partial charge in [0.2, 0.25) is 0 Å². The van der Waals surface area contributed by atoms with Crippen LogP contribution < -0.4 is 16.4 Å². The highest BCUT2D eigenvalue weighted by Crippen LogP contribution is 2.22. The maximum Gasteiger partial charge on any atom is 0.331 e. The fourth-order valence-electron chi connectivity index (χ4n) is 2.82. The van der Waals surface area contributed by atoms with Crippen molar-refractivity contribution in [1.82, 2.24) is 10.6 Å². The predicted octanol–water partition coefficient (Wildman–Crippen LogP) is 4.16. The van der Waals surface area contributed by atoms with Crippen molar-refractivity contribution in [3.8, 4) is 0 Å². The lowest BCUT2D eigenvalue weighted by molar-refractivity contribution is 0.161. The lowest BCUT2D eigenvalue weighted by atomic mass is 10.00. The molecule has 2 rings (SSSR count). The van der Waals surface area contributed by atoms with E-state index in [-0.39, 0.29) is 11.6 Å². The van der Waals surface area contributed by atoms with Gasteiger partial charge in [-0.1, -0.05) is 36.5 Å². The van der Waals surface area contributed by atoms with Crippen LogP contribution in [0.15, 0.2) is 53.7 Å². The number of nitrogens with two attached hydrogens (primary N) is 1. The molecule has 0 aliphatic heterocycles. The van der Waals surface area contributed by atoms with Crippen molar-refractivity contribution in [3.63, 3.8) is 0 Å². The largest absolute Gasteiger partial charge is 0.404 e. The van der Waals surface area contributed by atoms with Gasteiger partial charge in [-0.3, -0.25) is 0 Å². The minimum atomic E-state index is -2.87. The van der Waals surface area contributed by atoms with Crippen LogP contribution in [-0.2, 0) is 6.54 Å². The lowest BCUT2D eigenvalue weighted by Crippen LogP contribution is -2.27. The summed E-state index contributed by atoms with van der Waals surface area (Å²) >= 11 is 5.54. The quantitative estimate of drug-likeness (QED) is 0.341. The lowest BCUT2D eigenvalue weighted by Gasteiger charge is -2.19. The van der Waals surface area contributed by atoms with E-state index in [4.69, 9.17) is 18.0 Å². The van der Waals surface area contributed by atoms with E-state index in [1.807, 2.05) is 38.2 Å². The first-order chi connectivity index (χ1) is 13.8. The van der Waals surface area contributed by atoms with E-state index >= 15 is 0 Å². The number of alkyl halides is 2. The summed E-state index contributed by atoms with van der Waals surface area (Å²) in [5.74, 6) is -0.516. The molecule has 0 radical (unpaired) electrons. The zero-order chi connectivity index (χ0) is 21.4.